The van der Waals surface area contributed by atoms with Crippen molar-refractivity contribution < 1.29 is 19.0 Å². The van der Waals surface area contributed by atoms with Gasteiger partial charge in [-0.25, -0.2) is 14.2 Å². The summed E-state index contributed by atoms with van der Waals surface area (Å²) in [7, 11) is 0. The van der Waals surface area contributed by atoms with Crippen LogP contribution in [0.3, 0.4) is 0 Å². The Labute approximate surface area is 108 Å². The quantitative estimate of drug-likeness (QED) is 0.888. The molecule has 0 aliphatic rings. The second-order valence-corrected chi connectivity index (χ2v) is 3.91. The van der Waals surface area contributed by atoms with Crippen LogP contribution in [0.15, 0.2) is 30.5 Å². The third-order valence-corrected chi connectivity index (χ3v) is 2.49. The number of halogens is 1. The maximum atomic E-state index is 13.7. The molecule has 0 aliphatic carbocycles. The number of benzene rings is 1. The van der Waals surface area contributed by atoms with E-state index in [1.807, 2.05) is 0 Å². The number of hydrogen-bond acceptors (Lipinski definition) is 4. The number of aromatic nitrogens is 1. The molecule has 98 valence electrons. The van der Waals surface area contributed by atoms with Crippen molar-refractivity contribution in [2.45, 2.75) is 6.92 Å². The predicted molar refractivity (Wildman–Crippen MR) is 66.8 cm³/mol. The Morgan fingerprint density at radius 1 is 1.47 bits per heavy atom. The van der Waals surface area contributed by atoms with Crippen LogP contribution in [0, 0.1) is 12.7 Å². The summed E-state index contributed by atoms with van der Waals surface area (Å²) in [6, 6.07) is 5.88. The van der Waals surface area contributed by atoms with E-state index in [9.17, 15) is 9.18 Å². The number of hydrogen-bond donors (Lipinski definition) is 2. The fourth-order valence-corrected chi connectivity index (χ4v) is 1.47. The number of carboxylic acid groups (broad SMARTS) is 1. The molecule has 5 nitrogen and oxygen atoms in total. The first-order chi connectivity index (χ1) is 8.99. The van der Waals surface area contributed by atoms with E-state index >= 15 is 0 Å². The highest BCUT2D eigenvalue weighted by atomic mass is 19.1. The summed E-state index contributed by atoms with van der Waals surface area (Å²) in [6.45, 7) is 1.60. The molecule has 0 bridgehead atoms. The Kier molecular flexibility index (Phi) is 3.33. The predicted octanol–water partition coefficient (Wildman–Crippen LogP) is 2.60. The standard InChI is InChI=1S/C13H11FN2O3/c1-7-3-2-4-10(11(7)14)19-12-9(15)5-8(6-16-12)13(17)18/h2-6H,15H2,1H3,(H,17,18). The summed E-state index contributed by atoms with van der Waals surface area (Å²) < 4.78 is 19.0. The third kappa shape index (κ3) is 2.62. The minimum Gasteiger partial charge on any atom is -0.478 e. The first-order valence-electron chi connectivity index (χ1n) is 5.41. The maximum absolute atomic E-state index is 13.7. The number of rotatable bonds is 3. The molecule has 1 heterocycles. The average molecular weight is 262 g/mol. The van der Waals surface area contributed by atoms with E-state index in [0.29, 0.717) is 5.56 Å². The molecular formula is C13H11FN2O3. The van der Waals surface area contributed by atoms with E-state index < -0.39 is 11.8 Å². The average Bonchev–Trinajstić information content (AvgIpc) is 2.37. The number of aryl methyl sites for hydroxylation is 1. The highest BCUT2D eigenvalue weighted by Gasteiger charge is 2.12. The van der Waals surface area contributed by atoms with Crippen LogP contribution in [-0.4, -0.2) is 16.1 Å². The molecule has 0 spiro atoms. The molecule has 0 saturated heterocycles. The Morgan fingerprint density at radius 3 is 2.84 bits per heavy atom. The van der Waals surface area contributed by atoms with Gasteiger partial charge in [-0.3, -0.25) is 0 Å². The van der Waals surface area contributed by atoms with Gasteiger partial charge in [0.2, 0.25) is 5.88 Å². The van der Waals surface area contributed by atoms with Gasteiger partial charge in [-0.1, -0.05) is 12.1 Å². The summed E-state index contributed by atoms with van der Waals surface area (Å²) in [6.07, 6.45) is 1.10. The van der Waals surface area contributed by atoms with Gasteiger partial charge in [-0.05, 0) is 24.6 Å². The van der Waals surface area contributed by atoms with Crippen LogP contribution in [0.5, 0.6) is 11.6 Å². The van der Waals surface area contributed by atoms with Crippen LogP contribution in [-0.2, 0) is 0 Å². The number of ether oxygens (including phenoxy) is 1. The molecule has 1 aromatic carbocycles. The largest absolute Gasteiger partial charge is 0.478 e. The maximum Gasteiger partial charge on any atom is 0.337 e. The summed E-state index contributed by atoms with van der Waals surface area (Å²) in [5, 5.41) is 8.77. The van der Waals surface area contributed by atoms with Crippen LogP contribution >= 0.6 is 0 Å². The van der Waals surface area contributed by atoms with Crippen LogP contribution in [0.1, 0.15) is 15.9 Å². The van der Waals surface area contributed by atoms with Gasteiger partial charge in [-0.2, -0.15) is 0 Å². The molecule has 1 aromatic heterocycles. The van der Waals surface area contributed by atoms with Gasteiger partial charge in [0.25, 0.3) is 0 Å². The van der Waals surface area contributed by atoms with E-state index in [2.05, 4.69) is 4.98 Å². The van der Waals surface area contributed by atoms with Crippen molar-refractivity contribution in [1.82, 2.24) is 4.98 Å². The van der Waals surface area contributed by atoms with E-state index in [0.717, 1.165) is 6.20 Å². The minimum atomic E-state index is -1.15. The van der Waals surface area contributed by atoms with Gasteiger partial charge < -0.3 is 15.6 Å². The number of nitrogens with zero attached hydrogens (tertiary/aromatic N) is 1. The number of nitrogens with two attached hydrogens (primary N) is 1. The fraction of sp³-hybridized carbons (Fsp3) is 0.0769. The SMILES string of the molecule is Cc1cccc(Oc2ncc(C(=O)O)cc2N)c1F. The lowest BCUT2D eigenvalue weighted by molar-refractivity contribution is 0.0696. The van der Waals surface area contributed by atoms with Gasteiger partial charge in [0.1, 0.15) is 0 Å². The van der Waals surface area contributed by atoms with Gasteiger partial charge in [0.15, 0.2) is 11.6 Å². The van der Waals surface area contributed by atoms with Crippen LogP contribution < -0.4 is 10.5 Å². The normalized spacial score (nSPS) is 10.2. The Bertz CT molecular complexity index is 644. The zero-order valence-corrected chi connectivity index (χ0v) is 10.1. The molecular weight excluding hydrogens is 251 g/mol. The summed E-state index contributed by atoms with van der Waals surface area (Å²) in [5.74, 6) is -1.70. The van der Waals surface area contributed by atoms with E-state index in [4.69, 9.17) is 15.6 Å². The zero-order chi connectivity index (χ0) is 14.0. The van der Waals surface area contributed by atoms with Gasteiger partial charge in [-0.15, -0.1) is 0 Å². The summed E-state index contributed by atoms with van der Waals surface area (Å²) in [5.41, 5.74) is 6.02. The second kappa shape index (κ2) is 4.93. The fourth-order valence-electron chi connectivity index (χ4n) is 1.47. The molecule has 0 atom stereocenters. The molecule has 2 rings (SSSR count). The van der Waals surface area contributed by atoms with Crippen molar-refractivity contribution >= 4 is 11.7 Å². The van der Waals surface area contributed by atoms with Gasteiger partial charge in [0, 0.05) is 6.20 Å². The molecule has 0 amide bonds. The number of anilines is 1. The molecule has 6 heteroatoms. The number of carbonyl (C=O) groups is 1. The number of carboxylic acids is 1. The molecule has 2 aromatic rings. The molecule has 0 saturated carbocycles. The van der Waals surface area contributed by atoms with E-state index in [-0.39, 0.29) is 22.9 Å². The smallest absolute Gasteiger partial charge is 0.337 e. The highest BCUT2D eigenvalue weighted by Crippen LogP contribution is 2.28. The molecule has 0 radical (unpaired) electrons. The van der Waals surface area contributed by atoms with Crippen molar-refractivity contribution in [3.05, 3.63) is 47.4 Å². The second-order valence-electron chi connectivity index (χ2n) is 3.91. The van der Waals surface area contributed by atoms with Gasteiger partial charge in [0.05, 0.1) is 11.3 Å². The van der Waals surface area contributed by atoms with Crippen LogP contribution in [0.25, 0.3) is 0 Å². The Balaban J connectivity index is 2.34. The molecule has 0 fully saturated rings. The van der Waals surface area contributed by atoms with Crippen molar-refractivity contribution in [1.29, 1.82) is 0 Å². The zero-order valence-electron chi connectivity index (χ0n) is 10.1. The van der Waals surface area contributed by atoms with Crippen molar-refractivity contribution in [2.24, 2.45) is 0 Å². The lowest BCUT2D eigenvalue weighted by Crippen LogP contribution is -2.02. The lowest BCUT2D eigenvalue weighted by Gasteiger charge is -2.09. The molecule has 0 aliphatic heterocycles. The number of nitrogen functional groups attached to an aromatic ring is 1. The first-order valence-corrected chi connectivity index (χ1v) is 5.41. The van der Waals surface area contributed by atoms with Gasteiger partial charge >= 0.3 is 5.97 Å². The Morgan fingerprint density at radius 2 is 2.21 bits per heavy atom. The topological polar surface area (TPSA) is 85.4 Å². The Hall–Kier alpha value is -2.63. The third-order valence-electron chi connectivity index (χ3n) is 2.49. The van der Waals surface area contributed by atoms with Crippen LogP contribution in [0.2, 0.25) is 0 Å². The molecule has 0 unspecified atom stereocenters. The van der Waals surface area contributed by atoms with Crippen LogP contribution in [0.4, 0.5) is 10.1 Å². The minimum absolute atomic E-state index is 0.0118. The monoisotopic (exact) mass is 262 g/mol. The molecule has 19 heavy (non-hydrogen) atoms. The van der Waals surface area contributed by atoms with Crippen molar-refractivity contribution in [3.63, 3.8) is 0 Å². The van der Waals surface area contributed by atoms with E-state index in [1.165, 1.54) is 12.1 Å². The van der Waals surface area contributed by atoms with Crippen molar-refractivity contribution in [3.8, 4) is 11.6 Å². The first kappa shape index (κ1) is 12.8. The number of aromatic carboxylic acids is 1. The lowest BCUT2D eigenvalue weighted by atomic mass is 10.2. The summed E-state index contributed by atoms with van der Waals surface area (Å²) >= 11 is 0. The van der Waals surface area contributed by atoms with Crippen molar-refractivity contribution in [2.75, 3.05) is 5.73 Å². The number of pyridine rings is 1. The summed E-state index contributed by atoms with van der Waals surface area (Å²) in [4.78, 5) is 14.5. The molecule has 3 N–H and O–H groups in total. The highest BCUT2D eigenvalue weighted by molar-refractivity contribution is 5.88. The van der Waals surface area contributed by atoms with E-state index in [1.54, 1.807) is 19.1 Å².